The van der Waals surface area contributed by atoms with Gasteiger partial charge in [0.15, 0.2) is 0 Å². The van der Waals surface area contributed by atoms with Gasteiger partial charge < -0.3 is 15.0 Å². The molecule has 0 bridgehead atoms. The van der Waals surface area contributed by atoms with E-state index >= 15 is 0 Å². The SMILES string of the molecule is CNC(=O)C(Cc1ccccc1)N(Cc1cccc(OC)c1)C(=O)Cc1cccc(Cl)c1. The predicted octanol–water partition coefficient (Wildman–Crippen LogP) is 4.28. The first-order chi connectivity index (χ1) is 15.5. The molecule has 0 heterocycles. The lowest BCUT2D eigenvalue weighted by molar-refractivity contribution is -0.140. The third-order valence-electron chi connectivity index (χ3n) is 5.25. The first-order valence-corrected chi connectivity index (χ1v) is 10.8. The Morgan fingerprint density at radius 1 is 0.938 bits per heavy atom. The third-order valence-corrected chi connectivity index (χ3v) is 5.48. The number of rotatable bonds is 9. The lowest BCUT2D eigenvalue weighted by Gasteiger charge is -2.31. The number of amides is 2. The van der Waals surface area contributed by atoms with Gasteiger partial charge in [-0.2, -0.15) is 0 Å². The van der Waals surface area contributed by atoms with Gasteiger partial charge in [-0.3, -0.25) is 9.59 Å². The van der Waals surface area contributed by atoms with E-state index in [9.17, 15) is 9.59 Å². The van der Waals surface area contributed by atoms with Gasteiger partial charge in [0.05, 0.1) is 13.5 Å². The molecule has 32 heavy (non-hydrogen) atoms. The quantitative estimate of drug-likeness (QED) is 0.529. The molecule has 3 aromatic carbocycles. The number of likely N-dealkylation sites (N-methyl/N-ethyl adjacent to an activating group) is 1. The smallest absolute Gasteiger partial charge is 0.242 e. The minimum atomic E-state index is -0.666. The summed E-state index contributed by atoms with van der Waals surface area (Å²) in [5.41, 5.74) is 2.66. The summed E-state index contributed by atoms with van der Waals surface area (Å²) < 4.78 is 5.33. The number of halogens is 1. The second kappa shape index (κ2) is 11.3. The fourth-order valence-corrected chi connectivity index (χ4v) is 3.82. The molecular formula is C26H27ClN2O3. The highest BCUT2D eigenvalue weighted by atomic mass is 35.5. The summed E-state index contributed by atoms with van der Waals surface area (Å²) in [5, 5.41) is 3.29. The number of nitrogens with one attached hydrogen (secondary N) is 1. The fraction of sp³-hybridized carbons (Fsp3) is 0.231. The van der Waals surface area contributed by atoms with E-state index in [2.05, 4.69) is 5.32 Å². The molecular weight excluding hydrogens is 424 g/mol. The molecule has 3 rings (SSSR count). The average Bonchev–Trinajstić information content (AvgIpc) is 2.81. The van der Waals surface area contributed by atoms with Crippen molar-refractivity contribution in [3.8, 4) is 5.75 Å². The average molecular weight is 451 g/mol. The number of carbonyl (C=O) groups is 2. The first-order valence-electron chi connectivity index (χ1n) is 10.4. The summed E-state index contributed by atoms with van der Waals surface area (Å²) in [6, 6.07) is 23.8. The van der Waals surface area contributed by atoms with Crippen molar-refractivity contribution in [1.29, 1.82) is 0 Å². The normalized spacial score (nSPS) is 11.5. The Labute approximate surface area is 194 Å². The highest BCUT2D eigenvalue weighted by Crippen LogP contribution is 2.20. The topological polar surface area (TPSA) is 58.6 Å². The number of methoxy groups -OCH3 is 1. The monoisotopic (exact) mass is 450 g/mol. The number of ether oxygens (including phenoxy) is 1. The maximum absolute atomic E-state index is 13.5. The van der Waals surface area contributed by atoms with Crippen molar-refractivity contribution in [1.82, 2.24) is 10.2 Å². The largest absolute Gasteiger partial charge is 0.497 e. The van der Waals surface area contributed by atoms with Gasteiger partial charge in [0.25, 0.3) is 0 Å². The van der Waals surface area contributed by atoms with Crippen molar-refractivity contribution in [2.24, 2.45) is 0 Å². The number of hydrogen-bond donors (Lipinski definition) is 1. The summed E-state index contributed by atoms with van der Waals surface area (Å²) in [6.07, 6.45) is 0.554. The van der Waals surface area contributed by atoms with Crippen LogP contribution in [0.2, 0.25) is 5.02 Å². The fourth-order valence-electron chi connectivity index (χ4n) is 3.61. The van der Waals surface area contributed by atoms with Gasteiger partial charge in [-0.25, -0.2) is 0 Å². The lowest BCUT2D eigenvalue weighted by atomic mass is 10.0. The summed E-state index contributed by atoms with van der Waals surface area (Å²) in [5.74, 6) is 0.333. The van der Waals surface area contributed by atoms with Crippen LogP contribution in [0, 0.1) is 0 Å². The van der Waals surface area contributed by atoms with Crippen LogP contribution in [0.4, 0.5) is 0 Å². The Bertz CT molecular complexity index is 1060. The van der Waals surface area contributed by atoms with Gasteiger partial charge in [0.1, 0.15) is 11.8 Å². The number of carbonyl (C=O) groups excluding carboxylic acids is 2. The molecule has 0 radical (unpaired) electrons. The van der Waals surface area contributed by atoms with E-state index in [1.165, 1.54) is 0 Å². The van der Waals surface area contributed by atoms with E-state index in [1.807, 2.05) is 66.7 Å². The first kappa shape index (κ1) is 23.4. The molecule has 0 saturated heterocycles. The molecule has 1 atom stereocenters. The third kappa shape index (κ3) is 6.34. The molecule has 6 heteroatoms. The number of hydrogen-bond acceptors (Lipinski definition) is 3. The van der Waals surface area contributed by atoms with Gasteiger partial charge in [0.2, 0.25) is 11.8 Å². The van der Waals surface area contributed by atoms with Crippen molar-refractivity contribution in [3.05, 3.63) is 101 Å². The molecule has 2 amide bonds. The highest BCUT2D eigenvalue weighted by molar-refractivity contribution is 6.30. The predicted molar refractivity (Wildman–Crippen MR) is 127 cm³/mol. The molecule has 0 spiro atoms. The van der Waals surface area contributed by atoms with Crippen LogP contribution in [0.5, 0.6) is 5.75 Å². The molecule has 0 aliphatic carbocycles. The summed E-state index contributed by atoms with van der Waals surface area (Å²) in [6.45, 7) is 0.279. The molecule has 3 aromatic rings. The van der Waals surface area contributed by atoms with Crippen LogP contribution in [0.25, 0.3) is 0 Å². The second-order valence-corrected chi connectivity index (χ2v) is 7.94. The molecule has 0 aliphatic heterocycles. The minimum Gasteiger partial charge on any atom is -0.497 e. The van der Waals surface area contributed by atoms with Crippen molar-refractivity contribution in [2.75, 3.05) is 14.2 Å². The molecule has 0 saturated carbocycles. The molecule has 1 N–H and O–H groups in total. The summed E-state index contributed by atoms with van der Waals surface area (Å²) in [4.78, 5) is 28.1. The standard InChI is InChI=1S/C26H27ClN2O3/c1-28-26(31)24(16-19-8-4-3-5-9-19)29(18-21-11-7-13-23(15-21)32-2)25(30)17-20-10-6-12-22(27)14-20/h3-15,24H,16-18H2,1-2H3,(H,28,31). The van der Waals surface area contributed by atoms with Gasteiger partial charge in [-0.15, -0.1) is 0 Å². The van der Waals surface area contributed by atoms with E-state index in [-0.39, 0.29) is 24.8 Å². The maximum atomic E-state index is 13.5. The molecule has 0 aromatic heterocycles. The van der Waals surface area contributed by atoms with E-state index in [4.69, 9.17) is 16.3 Å². The number of benzene rings is 3. The molecule has 5 nitrogen and oxygen atoms in total. The van der Waals surface area contributed by atoms with Gasteiger partial charge in [-0.1, -0.05) is 66.2 Å². The van der Waals surface area contributed by atoms with E-state index in [0.29, 0.717) is 17.2 Å². The highest BCUT2D eigenvalue weighted by Gasteiger charge is 2.29. The summed E-state index contributed by atoms with van der Waals surface area (Å²) >= 11 is 6.11. The van der Waals surface area contributed by atoms with Crippen LogP contribution in [-0.2, 0) is 29.0 Å². The van der Waals surface area contributed by atoms with Crippen molar-refractivity contribution >= 4 is 23.4 Å². The zero-order valence-electron chi connectivity index (χ0n) is 18.3. The van der Waals surface area contributed by atoms with Gasteiger partial charge >= 0.3 is 0 Å². The van der Waals surface area contributed by atoms with Crippen LogP contribution < -0.4 is 10.1 Å². The maximum Gasteiger partial charge on any atom is 0.242 e. The van der Waals surface area contributed by atoms with E-state index in [0.717, 1.165) is 16.7 Å². The Morgan fingerprint density at radius 3 is 2.31 bits per heavy atom. The Kier molecular flexibility index (Phi) is 8.28. The zero-order chi connectivity index (χ0) is 22.9. The molecule has 1 unspecified atom stereocenters. The lowest BCUT2D eigenvalue weighted by Crippen LogP contribution is -2.50. The number of nitrogens with zero attached hydrogens (tertiary/aromatic N) is 1. The van der Waals surface area contributed by atoms with Crippen molar-refractivity contribution < 1.29 is 14.3 Å². The van der Waals surface area contributed by atoms with Gasteiger partial charge in [0, 0.05) is 25.0 Å². The minimum absolute atomic E-state index is 0.146. The van der Waals surface area contributed by atoms with Crippen LogP contribution in [0.3, 0.4) is 0 Å². The van der Waals surface area contributed by atoms with Crippen molar-refractivity contribution in [3.63, 3.8) is 0 Å². The molecule has 0 aliphatic rings. The molecule has 0 fully saturated rings. The van der Waals surface area contributed by atoms with Crippen LogP contribution >= 0.6 is 11.6 Å². The van der Waals surface area contributed by atoms with E-state index in [1.54, 1.807) is 31.2 Å². The summed E-state index contributed by atoms with van der Waals surface area (Å²) in [7, 11) is 3.19. The van der Waals surface area contributed by atoms with Crippen LogP contribution in [-0.4, -0.2) is 36.9 Å². The Morgan fingerprint density at radius 2 is 1.62 bits per heavy atom. The van der Waals surface area contributed by atoms with Gasteiger partial charge in [-0.05, 0) is 41.0 Å². The second-order valence-electron chi connectivity index (χ2n) is 7.50. The molecule has 166 valence electrons. The Balaban J connectivity index is 1.95. The Hall–Kier alpha value is -3.31. The van der Waals surface area contributed by atoms with Crippen molar-refractivity contribution in [2.45, 2.75) is 25.4 Å². The van der Waals surface area contributed by atoms with E-state index < -0.39 is 6.04 Å². The zero-order valence-corrected chi connectivity index (χ0v) is 19.0. The van der Waals surface area contributed by atoms with Crippen LogP contribution in [0.15, 0.2) is 78.9 Å². The van der Waals surface area contributed by atoms with Crippen LogP contribution in [0.1, 0.15) is 16.7 Å².